The first-order chi connectivity index (χ1) is 13.8. The van der Waals surface area contributed by atoms with Crippen molar-refractivity contribution >= 4 is 5.91 Å². The van der Waals surface area contributed by atoms with E-state index in [4.69, 9.17) is 9.47 Å². The number of carbonyl (C=O) groups is 1. The highest BCUT2D eigenvalue weighted by Crippen LogP contribution is 2.35. The van der Waals surface area contributed by atoms with Gasteiger partial charge in [0.05, 0.1) is 30.3 Å². The summed E-state index contributed by atoms with van der Waals surface area (Å²) in [6, 6.07) is 0.937. The van der Waals surface area contributed by atoms with Crippen molar-refractivity contribution in [1.29, 1.82) is 0 Å². The standard InChI is InChI=1S/C19H26F3N3O4/c1-2-4-25-16(26)7-12-6-14-18(28-12)17(27)15(29-14)10-24-9-11-8-23-5-3-13(11)19(20,21)22/h3,5,8,12,14-15,17-18,24,27H,2,4,6-7,9-10H2,1H3,(H,25,26). The summed E-state index contributed by atoms with van der Waals surface area (Å²) in [4.78, 5) is 15.6. The van der Waals surface area contributed by atoms with Gasteiger partial charge in [0.25, 0.3) is 0 Å². The molecule has 2 saturated heterocycles. The van der Waals surface area contributed by atoms with E-state index in [0.717, 1.165) is 18.7 Å². The van der Waals surface area contributed by atoms with Crippen LogP contribution in [-0.4, -0.2) is 59.6 Å². The largest absolute Gasteiger partial charge is 0.416 e. The topological polar surface area (TPSA) is 92.7 Å². The summed E-state index contributed by atoms with van der Waals surface area (Å²) in [6.45, 7) is 2.70. The van der Waals surface area contributed by atoms with E-state index in [0.29, 0.717) is 13.0 Å². The van der Waals surface area contributed by atoms with E-state index in [1.165, 1.54) is 6.20 Å². The quantitative estimate of drug-likeness (QED) is 0.592. The second-order valence-corrected chi connectivity index (χ2v) is 7.38. The molecule has 3 rings (SSSR count). The number of hydrogen-bond donors (Lipinski definition) is 3. The summed E-state index contributed by atoms with van der Waals surface area (Å²) >= 11 is 0. The third-order valence-corrected chi connectivity index (χ3v) is 5.13. The van der Waals surface area contributed by atoms with E-state index in [9.17, 15) is 23.1 Å². The number of amides is 1. The number of aromatic nitrogens is 1. The molecule has 1 aromatic heterocycles. The van der Waals surface area contributed by atoms with Gasteiger partial charge in [-0.05, 0) is 18.1 Å². The molecule has 5 atom stereocenters. The average Bonchev–Trinajstić information content (AvgIpc) is 3.18. The van der Waals surface area contributed by atoms with Crippen LogP contribution in [0.2, 0.25) is 0 Å². The van der Waals surface area contributed by atoms with Gasteiger partial charge in [0, 0.05) is 38.4 Å². The fourth-order valence-electron chi connectivity index (χ4n) is 3.75. The van der Waals surface area contributed by atoms with Gasteiger partial charge in [-0.25, -0.2) is 0 Å². The smallest absolute Gasteiger partial charge is 0.388 e. The zero-order valence-corrected chi connectivity index (χ0v) is 16.1. The monoisotopic (exact) mass is 417 g/mol. The number of hydrogen-bond acceptors (Lipinski definition) is 6. The number of alkyl halides is 3. The molecule has 2 aliphatic heterocycles. The van der Waals surface area contributed by atoms with Crippen molar-refractivity contribution in [3.05, 3.63) is 29.6 Å². The number of pyridine rings is 1. The number of rotatable bonds is 8. The molecule has 2 aliphatic rings. The second-order valence-electron chi connectivity index (χ2n) is 7.38. The third kappa shape index (κ3) is 5.44. The zero-order valence-electron chi connectivity index (χ0n) is 16.1. The summed E-state index contributed by atoms with van der Waals surface area (Å²) in [5, 5.41) is 16.1. The van der Waals surface area contributed by atoms with Crippen molar-refractivity contribution in [1.82, 2.24) is 15.6 Å². The predicted molar refractivity (Wildman–Crippen MR) is 96.8 cm³/mol. The molecule has 0 saturated carbocycles. The minimum Gasteiger partial charge on any atom is -0.388 e. The van der Waals surface area contributed by atoms with Gasteiger partial charge in [0.1, 0.15) is 12.2 Å². The first kappa shape index (κ1) is 21.9. The van der Waals surface area contributed by atoms with E-state index in [2.05, 4.69) is 15.6 Å². The molecule has 0 spiro atoms. The third-order valence-electron chi connectivity index (χ3n) is 5.13. The van der Waals surface area contributed by atoms with Crippen LogP contribution >= 0.6 is 0 Å². The summed E-state index contributed by atoms with van der Waals surface area (Å²) < 4.78 is 50.7. The number of aliphatic hydroxyl groups is 1. The number of ether oxygens (including phenoxy) is 2. The molecule has 162 valence electrons. The van der Waals surface area contributed by atoms with Crippen LogP contribution in [-0.2, 0) is 27.0 Å². The van der Waals surface area contributed by atoms with Crippen molar-refractivity contribution in [3.63, 3.8) is 0 Å². The molecular weight excluding hydrogens is 391 g/mol. The van der Waals surface area contributed by atoms with Crippen LogP contribution in [0.4, 0.5) is 13.2 Å². The van der Waals surface area contributed by atoms with Crippen LogP contribution < -0.4 is 10.6 Å². The number of halogens is 3. The molecule has 0 aromatic carbocycles. The van der Waals surface area contributed by atoms with Crippen molar-refractivity contribution in [3.8, 4) is 0 Å². The van der Waals surface area contributed by atoms with Crippen molar-refractivity contribution in [2.45, 2.75) is 69.4 Å². The van der Waals surface area contributed by atoms with Crippen molar-refractivity contribution < 1.29 is 32.5 Å². The van der Waals surface area contributed by atoms with Crippen molar-refractivity contribution in [2.24, 2.45) is 0 Å². The Hall–Kier alpha value is -1.75. The van der Waals surface area contributed by atoms with Gasteiger partial charge in [0.2, 0.25) is 5.91 Å². The predicted octanol–water partition coefficient (Wildman–Crippen LogP) is 1.39. The minimum absolute atomic E-state index is 0.0297. The zero-order chi connectivity index (χ0) is 21.0. The Morgan fingerprint density at radius 2 is 2.17 bits per heavy atom. The minimum atomic E-state index is -4.45. The van der Waals surface area contributed by atoms with Crippen molar-refractivity contribution in [2.75, 3.05) is 13.1 Å². The normalized spacial score (nSPS) is 29.1. The van der Waals surface area contributed by atoms with Gasteiger partial charge >= 0.3 is 6.18 Å². The van der Waals surface area contributed by atoms with E-state index in [-0.39, 0.29) is 43.2 Å². The van der Waals surface area contributed by atoms with Crippen LogP contribution in [0.1, 0.15) is 37.3 Å². The Bertz CT molecular complexity index is 704. The Morgan fingerprint density at radius 1 is 1.38 bits per heavy atom. The molecule has 29 heavy (non-hydrogen) atoms. The van der Waals surface area contributed by atoms with Crippen LogP contribution in [0.15, 0.2) is 18.5 Å². The molecule has 1 amide bonds. The number of nitrogens with one attached hydrogen (secondary N) is 2. The highest BCUT2D eigenvalue weighted by Gasteiger charge is 2.50. The highest BCUT2D eigenvalue weighted by molar-refractivity contribution is 5.76. The molecule has 10 heteroatoms. The fourth-order valence-corrected chi connectivity index (χ4v) is 3.75. The summed E-state index contributed by atoms with van der Waals surface area (Å²) in [5.74, 6) is -0.0959. The Balaban J connectivity index is 1.46. The Morgan fingerprint density at radius 3 is 2.86 bits per heavy atom. The first-order valence-corrected chi connectivity index (χ1v) is 9.76. The molecule has 2 fully saturated rings. The fraction of sp³-hybridized carbons (Fsp3) is 0.684. The number of fused-ring (bicyclic) bond motifs is 1. The molecule has 0 aliphatic carbocycles. The maximum absolute atomic E-state index is 13.0. The Kier molecular flexibility index (Phi) is 7.10. The lowest BCUT2D eigenvalue weighted by Gasteiger charge is -2.20. The second kappa shape index (κ2) is 9.38. The summed E-state index contributed by atoms with van der Waals surface area (Å²) in [6.07, 6.45) is -3.28. The van der Waals surface area contributed by atoms with Gasteiger partial charge in [0.15, 0.2) is 0 Å². The molecule has 5 unspecified atom stereocenters. The van der Waals surface area contributed by atoms with E-state index in [1.54, 1.807) is 0 Å². The van der Waals surface area contributed by atoms with Gasteiger partial charge in [-0.2, -0.15) is 13.2 Å². The van der Waals surface area contributed by atoms with E-state index >= 15 is 0 Å². The van der Waals surface area contributed by atoms with Gasteiger partial charge in [-0.15, -0.1) is 0 Å². The number of carbonyl (C=O) groups excluding carboxylic acids is 1. The molecule has 7 nitrogen and oxygen atoms in total. The molecule has 0 radical (unpaired) electrons. The Labute approximate surface area is 167 Å². The molecular formula is C19H26F3N3O4. The molecule has 1 aromatic rings. The molecule has 0 bridgehead atoms. The van der Waals surface area contributed by atoms with Crippen LogP contribution in [0.25, 0.3) is 0 Å². The average molecular weight is 417 g/mol. The SMILES string of the molecule is CCCNC(=O)CC1CC2OC(CNCc3cnccc3C(F)(F)F)C(O)C2O1. The number of nitrogens with zero attached hydrogens (tertiary/aromatic N) is 1. The summed E-state index contributed by atoms with van der Waals surface area (Å²) in [5.41, 5.74) is -0.709. The van der Waals surface area contributed by atoms with Gasteiger partial charge < -0.3 is 25.2 Å². The van der Waals surface area contributed by atoms with Crippen LogP contribution in [0.5, 0.6) is 0 Å². The van der Waals surface area contributed by atoms with E-state index in [1.807, 2.05) is 6.92 Å². The van der Waals surface area contributed by atoms with Crippen LogP contribution in [0.3, 0.4) is 0 Å². The number of aliphatic hydroxyl groups excluding tert-OH is 1. The lowest BCUT2D eigenvalue weighted by atomic mass is 10.1. The maximum atomic E-state index is 13.0. The highest BCUT2D eigenvalue weighted by atomic mass is 19.4. The lowest BCUT2D eigenvalue weighted by molar-refractivity contribution is -0.138. The van der Waals surface area contributed by atoms with Gasteiger partial charge in [-0.3, -0.25) is 9.78 Å². The lowest BCUT2D eigenvalue weighted by Crippen LogP contribution is -2.39. The summed E-state index contributed by atoms with van der Waals surface area (Å²) in [7, 11) is 0. The first-order valence-electron chi connectivity index (χ1n) is 9.76. The van der Waals surface area contributed by atoms with E-state index < -0.39 is 30.1 Å². The molecule has 3 N–H and O–H groups in total. The van der Waals surface area contributed by atoms with Crippen LogP contribution in [0, 0.1) is 0 Å². The maximum Gasteiger partial charge on any atom is 0.416 e. The van der Waals surface area contributed by atoms with Gasteiger partial charge in [-0.1, -0.05) is 6.92 Å². The molecule has 3 heterocycles.